The number of amides is 1. The van der Waals surface area contributed by atoms with Crippen molar-refractivity contribution < 1.29 is 24.2 Å². The van der Waals surface area contributed by atoms with E-state index in [1.165, 1.54) is 4.90 Å². The molecule has 2 atom stereocenters. The van der Waals surface area contributed by atoms with Crippen LogP contribution < -0.4 is 4.74 Å². The zero-order valence-corrected chi connectivity index (χ0v) is 15.6. The van der Waals surface area contributed by atoms with Crippen molar-refractivity contribution in [3.63, 3.8) is 0 Å². The molecule has 1 amide bonds. The highest BCUT2D eigenvalue weighted by Gasteiger charge is 2.33. The molecule has 3 rings (SSSR count). The summed E-state index contributed by atoms with van der Waals surface area (Å²) in [5, 5.41) is 9.86. The summed E-state index contributed by atoms with van der Waals surface area (Å²) in [6.07, 6.45) is -1.38. The van der Waals surface area contributed by atoms with Crippen LogP contribution in [0, 0.1) is 0 Å². The van der Waals surface area contributed by atoms with Gasteiger partial charge in [-0.25, -0.2) is 4.79 Å². The molecule has 1 N–H and O–H groups in total. The minimum absolute atomic E-state index is 0.00399. The fourth-order valence-corrected chi connectivity index (χ4v) is 3.06. The van der Waals surface area contributed by atoms with Gasteiger partial charge in [-0.15, -0.1) is 0 Å². The molecular formula is C20H20ClNO5. The SMILES string of the molecule is C[C@@H]1CN(C(=O)c2ccccc2OCc2ccc(Cl)cc2)CC(C(=O)O)O1. The Labute approximate surface area is 162 Å². The first-order valence-electron chi connectivity index (χ1n) is 8.58. The first-order valence-corrected chi connectivity index (χ1v) is 8.95. The van der Waals surface area contributed by atoms with E-state index in [4.69, 9.17) is 21.1 Å². The molecule has 2 aromatic rings. The van der Waals surface area contributed by atoms with Crippen molar-refractivity contribution >= 4 is 23.5 Å². The average molecular weight is 390 g/mol. The number of carboxylic acids is 1. The highest BCUT2D eigenvalue weighted by molar-refractivity contribution is 6.30. The number of carbonyl (C=O) groups excluding carboxylic acids is 1. The Morgan fingerprint density at radius 1 is 1.19 bits per heavy atom. The number of hydrogen-bond donors (Lipinski definition) is 1. The van der Waals surface area contributed by atoms with Gasteiger partial charge in [0.15, 0.2) is 6.10 Å². The highest BCUT2D eigenvalue weighted by Crippen LogP contribution is 2.23. The zero-order valence-electron chi connectivity index (χ0n) is 14.8. The molecule has 27 heavy (non-hydrogen) atoms. The van der Waals surface area contributed by atoms with Crippen molar-refractivity contribution in [2.24, 2.45) is 0 Å². The third kappa shape index (κ3) is 4.78. The number of benzene rings is 2. The van der Waals surface area contributed by atoms with Gasteiger partial charge in [0, 0.05) is 11.6 Å². The second-order valence-corrected chi connectivity index (χ2v) is 6.83. The maximum absolute atomic E-state index is 13.0. The van der Waals surface area contributed by atoms with Crippen LogP contribution in [-0.4, -0.2) is 47.2 Å². The van der Waals surface area contributed by atoms with Gasteiger partial charge < -0.3 is 19.5 Å². The van der Waals surface area contributed by atoms with E-state index in [-0.39, 0.29) is 18.6 Å². The lowest BCUT2D eigenvalue weighted by atomic mass is 10.1. The fourth-order valence-electron chi connectivity index (χ4n) is 2.93. The maximum atomic E-state index is 13.0. The van der Waals surface area contributed by atoms with E-state index < -0.39 is 12.1 Å². The number of carboxylic acid groups (broad SMARTS) is 1. The van der Waals surface area contributed by atoms with E-state index in [0.717, 1.165) is 5.56 Å². The van der Waals surface area contributed by atoms with Gasteiger partial charge in [0.2, 0.25) is 0 Å². The second-order valence-electron chi connectivity index (χ2n) is 6.40. The first kappa shape index (κ1) is 19.2. The maximum Gasteiger partial charge on any atom is 0.334 e. The van der Waals surface area contributed by atoms with Gasteiger partial charge in [0.05, 0.1) is 18.2 Å². The zero-order chi connectivity index (χ0) is 19.4. The van der Waals surface area contributed by atoms with Gasteiger partial charge in [-0.2, -0.15) is 0 Å². The van der Waals surface area contributed by atoms with Gasteiger partial charge in [0.25, 0.3) is 5.91 Å². The van der Waals surface area contributed by atoms with Crippen molar-refractivity contribution in [3.8, 4) is 5.75 Å². The van der Waals surface area contributed by atoms with E-state index in [0.29, 0.717) is 29.5 Å². The van der Waals surface area contributed by atoms with E-state index in [2.05, 4.69) is 0 Å². The summed E-state index contributed by atoms with van der Waals surface area (Å²) < 4.78 is 11.2. The molecule has 0 saturated carbocycles. The molecule has 2 aromatic carbocycles. The number of carbonyl (C=O) groups is 2. The van der Waals surface area contributed by atoms with Crippen LogP contribution in [0.2, 0.25) is 5.02 Å². The van der Waals surface area contributed by atoms with Crippen LogP contribution in [0.4, 0.5) is 0 Å². The van der Waals surface area contributed by atoms with Gasteiger partial charge in [-0.1, -0.05) is 35.9 Å². The van der Waals surface area contributed by atoms with Gasteiger partial charge in [-0.05, 0) is 36.8 Å². The minimum atomic E-state index is -1.08. The van der Waals surface area contributed by atoms with Crippen LogP contribution >= 0.6 is 11.6 Å². The smallest absolute Gasteiger partial charge is 0.334 e. The minimum Gasteiger partial charge on any atom is -0.488 e. The number of ether oxygens (including phenoxy) is 2. The molecule has 1 aliphatic rings. The van der Waals surface area contributed by atoms with Crippen LogP contribution in [0.1, 0.15) is 22.8 Å². The summed E-state index contributed by atoms with van der Waals surface area (Å²) in [5.74, 6) is -0.904. The lowest BCUT2D eigenvalue weighted by Gasteiger charge is -2.35. The van der Waals surface area contributed by atoms with E-state index >= 15 is 0 Å². The van der Waals surface area contributed by atoms with Crippen molar-refractivity contribution in [3.05, 3.63) is 64.7 Å². The number of hydrogen-bond acceptors (Lipinski definition) is 4. The quantitative estimate of drug-likeness (QED) is 0.849. The van der Waals surface area contributed by atoms with Gasteiger partial charge >= 0.3 is 5.97 Å². The number of nitrogens with zero attached hydrogens (tertiary/aromatic N) is 1. The monoisotopic (exact) mass is 389 g/mol. The van der Waals surface area contributed by atoms with Crippen LogP contribution in [0.3, 0.4) is 0 Å². The predicted molar refractivity (Wildman–Crippen MR) is 100 cm³/mol. The van der Waals surface area contributed by atoms with Crippen LogP contribution in [0.25, 0.3) is 0 Å². The molecular weight excluding hydrogens is 370 g/mol. The normalized spacial score (nSPS) is 19.6. The second kappa shape index (κ2) is 8.41. The lowest BCUT2D eigenvalue weighted by molar-refractivity contribution is -0.160. The first-order chi connectivity index (χ1) is 12.9. The van der Waals surface area contributed by atoms with E-state index in [1.54, 1.807) is 43.3 Å². The average Bonchev–Trinajstić information content (AvgIpc) is 2.66. The molecule has 1 unspecified atom stereocenters. The Balaban J connectivity index is 1.75. The molecule has 1 heterocycles. The Hall–Kier alpha value is -2.57. The molecule has 7 heteroatoms. The molecule has 0 aliphatic carbocycles. The summed E-state index contributed by atoms with van der Waals surface area (Å²) in [7, 11) is 0. The Bertz CT molecular complexity index is 823. The Morgan fingerprint density at radius 2 is 1.89 bits per heavy atom. The molecule has 1 saturated heterocycles. The van der Waals surface area contributed by atoms with Crippen LogP contribution in [0.15, 0.2) is 48.5 Å². The largest absolute Gasteiger partial charge is 0.488 e. The van der Waals surface area contributed by atoms with E-state index in [1.807, 2.05) is 12.1 Å². The van der Waals surface area contributed by atoms with Crippen LogP contribution in [-0.2, 0) is 16.1 Å². The third-order valence-corrected chi connectivity index (χ3v) is 4.50. The number of para-hydroxylation sites is 1. The Morgan fingerprint density at radius 3 is 2.59 bits per heavy atom. The van der Waals surface area contributed by atoms with Crippen molar-refractivity contribution in [2.75, 3.05) is 13.1 Å². The standard InChI is InChI=1S/C20H20ClNO5/c1-13-10-22(11-18(27-13)20(24)25)19(23)16-4-2-3-5-17(16)26-12-14-6-8-15(21)9-7-14/h2-9,13,18H,10-12H2,1H3,(H,24,25)/t13-,18?/m1/s1. The lowest BCUT2D eigenvalue weighted by Crippen LogP contribution is -2.51. The molecule has 0 aromatic heterocycles. The molecule has 1 aliphatic heterocycles. The van der Waals surface area contributed by atoms with E-state index in [9.17, 15) is 14.7 Å². The highest BCUT2D eigenvalue weighted by atomic mass is 35.5. The topological polar surface area (TPSA) is 76.1 Å². The number of aliphatic carboxylic acids is 1. The summed E-state index contributed by atoms with van der Waals surface area (Å²) in [5.41, 5.74) is 1.32. The summed E-state index contributed by atoms with van der Waals surface area (Å²) in [6, 6.07) is 14.2. The summed E-state index contributed by atoms with van der Waals surface area (Å²) in [4.78, 5) is 25.7. The van der Waals surface area contributed by atoms with Crippen molar-refractivity contribution in [1.82, 2.24) is 4.90 Å². The summed E-state index contributed by atoms with van der Waals surface area (Å²) >= 11 is 5.88. The third-order valence-electron chi connectivity index (χ3n) is 4.25. The molecule has 1 fully saturated rings. The predicted octanol–water partition coefficient (Wildman–Crippen LogP) is 3.23. The Kier molecular flexibility index (Phi) is 5.98. The molecule has 0 radical (unpaired) electrons. The number of rotatable bonds is 5. The summed E-state index contributed by atoms with van der Waals surface area (Å²) in [6.45, 7) is 2.37. The number of morpholine rings is 1. The van der Waals surface area contributed by atoms with Gasteiger partial charge in [-0.3, -0.25) is 4.79 Å². The van der Waals surface area contributed by atoms with Crippen molar-refractivity contribution in [2.45, 2.75) is 25.7 Å². The van der Waals surface area contributed by atoms with Gasteiger partial charge in [0.1, 0.15) is 12.4 Å². The molecule has 0 spiro atoms. The number of halogens is 1. The molecule has 0 bridgehead atoms. The molecule has 6 nitrogen and oxygen atoms in total. The fraction of sp³-hybridized carbons (Fsp3) is 0.300. The van der Waals surface area contributed by atoms with Crippen LogP contribution in [0.5, 0.6) is 5.75 Å². The van der Waals surface area contributed by atoms with Crippen molar-refractivity contribution in [1.29, 1.82) is 0 Å². The molecule has 142 valence electrons.